The van der Waals surface area contributed by atoms with Gasteiger partial charge in [-0.1, -0.05) is 18.2 Å². The number of para-hydroxylation sites is 1. The number of hydrogen-bond donors (Lipinski definition) is 1. The SMILES string of the molecule is CCOc1ccccc1CNC(=O)C1CCN(c2nccn3nc(-c4ccc(F)cc4)cc23)CC1. The van der Waals surface area contributed by atoms with Crippen molar-refractivity contribution in [2.45, 2.75) is 26.3 Å². The fourth-order valence-electron chi connectivity index (χ4n) is 4.54. The highest BCUT2D eigenvalue weighted by molar-refractivity contribution is 5.80. The van der Waals surface area contributed by atoms with E-state index in [1.54, 1.807) is 22.8 Å². The molecule has 1 aliphatic heterocycles. The molecule has 2 aromatic heterocycles. The van der Waals surface area contributed by atoms with Gasteiger partial charge < -0.3 is 15.0 Å². The number of carbonyl (C=O) groups is 1. The standard InChI is InChI=1S/C27H28FN5O2/c1-2-35-25-6-4-3-5-21(25)18-30-27(34)20-11-14-32(15-12-20)26-24-17-23(31-33(24)16-13-29-26)19-7-9-22(28)10-8-19/h3-10,13,16-17,20H,2,11-12,14-15,18H2,1H3,(H,30,34). The minimum atomic E-state index is -0.273. The molecule has 4 aromatic rings. The van der Waals surface area contributed by atoms with Gasteiger partial charge in [0.25, 0.3) is 0 Å². The van der Waals surface area contributed by atoms with E-state index in [2.05, 4.69) is 20.3 Å². The lowest BCUT2D eigenvalue weighted by atomic mass is 9.95. The summed E-state index contributed by atoms with van der Waals surface area (Å²) in [5.74, 6) is 1.42. The molecular formula is C27H28FN5O2. The summed E-state index contributed by atoms with van der Waals surface area (Å²) >= 11 is 0. The Morgan fingerprint density at radius 1 is 1.14 bits per heavy atom. The summed E-state index contributed by atoms with van der Waals surface area (Å²) in [6.07, 6.45) is 5.05. The summed E-state index contributed by atoms with van der Waals surface area (Å²) in [4.78, 5) is 19.7. The van der Waals surface area contributed by atoms with E-state index in [4.69, 9.17) is 4.74 Å². The Kier molecular flexibility index (Phi) is 6.61. The summed E-state index contributed by atoms with van der Waals surface area (Å²) < 4.78 is 20.8. The maximum Gasteiger partial charge on any atom is 0.223 e. The average molecular weight is 474 g/mol. The van der Waals surface area contributed by atoms with Crippen molar-refractivity contribution < 1.29 is 13.9 Å². The van der Waals surface area contributed by atoms with Crippen molar-refractivity contribution >= 4 is 17.2 Å². The van der Waals surface area contributed by atoms with Gasteiger partial charge in [0.05, 0.1) is 12.3 Å². The normalized spacial score (nSPS) is 14.3. The molecule has 0 atom stereocenters. The Morgan fingerprint density at radius 2 is 1.91 bits per heavy atom. The second kappa shape index (κ2) is 10.1. The van der Waals surface area contributed by atoms with E-state index >= 15 is 0 Å². The van der Waals surface area contributed by atoms with Crippen molar-refractivity contribution in [3.63, 3.8) is 0 Å². The molecule has 1 aliphatic rings. The van der Waals surface area contributed by atoms with Crippen LogP contribution in [0.25, 0.3) is 16.8 Å². The third-order valence-corrected chi connectivity index (χ3v) is 6.40. The van der Waals surface area contributed by atoms with Gasteiger partial charge in [-0.25, -0.2) is 13.9 Å². The number of halogens is 1. The number of rotatable bonds is 7. The first-order chi connectivity index (χ1) is 17.1. The molecule has 3 heterocycles. The lowest BCUT2D eigenvalue weighted by molar-refractivity contribution is -0.125. The number of amides is 1. The van der Waals surface area contributed by atoms with Crippen LogP contribution in [0.1, 0.15) is 25.3 Å². The average Bonchev–Trinajstić information content (AvgIpc) is 3.33. The molecule has 8 heteroatoms. The molecule has 7 nitrogen and oxygen atoms in total. The molecule has 1 amide bonds. The van der Waals surface area contributed by atoms with E-state index in [-0.39, 0.29) is 17.6 Å². The van der Waals surface area contributed by atoms with Crippen LogP contribution in [-0.2, 0) is 11.3 Å². The zero-order valence-corrected chi connectivity index (χ0v) is 19.7. The number of benzene rings is 2. The number of anilines is 1. The van der Waals surface area contributed by atoms with Gasteiger partial charge in [-0.3, -0.25) is 4.79 Å². The number of aromatic nitrogens is 3. The van der Waals surface area contributed by atoms with Gasteiger partial charge in [-0.2, -0.15) is 5.10 Å². The second-order valence-corrected chi connectivity index (χ2v) is 8.64. The van der Waals surface area contributed by atoms with Crippen molar-refractivity contribution in [2.75, 3.05) is 24.6 Å². The molecule has 0 spiro atoms. The van der Waals surface area contributed by atoms with Crippen LogP contribution in [0.4, 0.5) is 10.2 Å². The van der Waals surface area contributed by atoms with Crippen molar-refractivity contribution in [1.82, 2.24) is 19.9 Å². The van der Waals surface area contributed by atoms with Gasteiger partial charge in [0.15, 0.2) is 5.82 Å². The lowest BCUT2D eigenvalue weighted by Crippen LogP contribution is -2.40. The highest BCUT2D eigenvalue weighted by Gasteiger charge is 2.27. The Morgan fingerprint density at radius 3 is 2.69 bits per heavy atom. The third kappa shape index (κ3) is 4.96. The largest absolute Gasteiger partial charge is 0.494 e. The maximum absolute atomic E-state index is 13.3. The van der Waals surface area contributed by atoms with Gasteiger partial charge in [-0.15, -0.1) is 0 Å². The number of hydrogen-bond acceptors (Lipinski definition) is 5. The minimum absolute atomic E-state index is 0.0371. The van der Waals surface area contributed by atoms with Crippen LogP contribution < -0.4 is 15.0 Å². The predicted molar refractivity (Wildman–Crippen MR) is 133 cm³/mol. The smallest absolute Gasteiger partial charge is 0.223 e. The first-order valence-corrected chi connectivity index (χ1v) is 12.0. The van der Waals surface area contributed by atoms with E-state index < -0.39 is 0 Å². The zero-order chi connectivity index (χ0) is 24.2. The molecule has 180 valence electrons. The maximum atomic E-state index is 13.3. The first kappa shape index (κ1) is 22.8. The summed E-state index contributed by atoms with van der Waals surface area (Å²) in [5, 5.41) is 7.72. The number of nitrogens with one attached hydrogen (secondary N) is 1. The monoisotopic (exact) mass is 473 g/mol. The van der Waals surface area contributed by atoms with E-state index in [1.165, 1.54) is 12.1 Å². The van der Waals surface area contributed by atoms with Crippen LogP contribution >= 0.6 is 0 Å². The summed E-state index contributed by atoms with van der Waals surface area (Å²) in [5.41, 5.74) is 3.49. The molecule has 1 N–H and O–H groups in total. The highest BCUT2D eigenvalue weighted by Crippen LogP contribution is 2.28. The number of piperidine rings is 1. The molecule has 35 heavy (non-hydrogen) atoms. The van der Waals surface area contributed by atoms with Gasteiger partial charge in [0, 0.05) is 49.1 Å². The van der Waals surface area contributed by atoms with Crippen molar-refractivity contribution in [2.24, 2.45) is 5.92 Å². The lowest BCUT2D eigenvalue weighted by Gasteiger charge is -2.32. The topological polar surface area (TPSA) is 71.8 Å². The van der Waals surface area contributed by atoms with Crippen LogP contribution in [0.2, 0.25) is 0 Å². The van der Waals surface area contributed by atoms with E-state index in [0.717, 1.165) is 59.8 Å². The number of ether oxygens (including phenoxy) is 1. The molecule has 5 rings (SSSR count). The van der Waals surface area contributed by atoms with Gasteiger partial charge in [-0.05, 0) is 56.2 Å². The zero-order valence-electron chi connectivity index (χ0n) is 19.7. The molecule has 0 bridgehead atoms. The summed E-state index contributed by atoms with van der Waals surface area (Å²) in [7, 11) is 0. The van der Waals surface area contributed by atoms with Gasteiger partial charge in [0.2, 0.25) is 5.91 Å². The molecule has 2 aromatic carbocycles. The Bertz CT molecular complexity index is 1310. The summed E-state index contributed by atoms with van der Waals surface area (Å²) in [6.45, 7) is 4.46. The number of nitrogens with zero attached hydrogens (tertiary/aromatic N) is 4. The molecule has 1 fully saturated rings. The molecule has 1 saturated heterocycles. The van der Waals surface area contributed by atoms with Crippen LogP contribution in [0.15, 0.2) is 67.0 Å². The predicted octanol–water partition coefficient (Wildman–Crippen LogP) is 4.47. The quantitative estimate of drug-likeness (QED) is 0.429. The molecule has 0 saturated carbocycles. The molecule has 0 aliphatic carbocycles. The Hall–Kier alpha value is -3.94. The first-order valence-electron chi connectivity index (χ1n) is 12.0. The highest BCUT2D eigenvalue weighted by atomic mass is 19.1. The molecular weight excluding hydrogens is 445 g/mol. The minimum Gasteiger partial charge on any atom is -0.494 e. The van der Waals surface area contributed by atoms with Crippen LogP contribution in [0.5, 0.6) is 5.75 Å². The Balaban J connectivity index is 1.23. The second-order valence-electron chi connectivity index (χ2n) is 8.64. The van der Waals surface area contributed by atoms with E-state index in [1.807, 2.05) is 43.5 Å². The summed E-state index contributed by atoms with van der Waals surface area (Å²) in [6, 6.07) is 16.1. The van der Waals surface area contributed by atoms with Crippen LogP contribution in [0.3, 0.4) is 0 Å². The van der Waals surface area contributed by atoms with Crippen molar-refractivity contribution in [3.05, 3.63) is 78.4 Å². The van der Waals surface area contributed by atoms with Crippen molar-refractivity contribution in [3.8, 4) is 17.0 Å². The Labute approximate surface area is 203 Å². The van der Waals surface area contributed by atoms with E-state index in [9.17, 15) is 9.18 Å². The third-order valence-electron chi connectivity index (χ3n) is 6.40. The molecule has 0 unspecified atom stereocenters. The van der Waals surface area contributed by atoms with Crippen molar-refractivity contribution in [1.29, 1.82) is 0 Å². The van der Waals surface area contributed by atoms with Gasteiger partial charge >= 0.3 is 0 Å². The van der Waals surface area contributed by atoms with Crippen LogP contribution in [-0.4, -0.2) is 40.2 Å². The number of carbonyl (C=O) groups excluding carboxylic acids is 1. The fourth-order valence-corrected chi connectivity index (χ4v) is 4.54. The van der Waals surface area contributed by atoms with Gasteiger partial charge in [0.1, 0.15) is 17.1 Å². The van der Waals surface area contributed by atoms with E-state index in [0.29, 0.717) is 13.2 Å². The van der Waals surface area contributed by atoms with Crippen LogP contribution in [0, 0.1) is 11.7 Å². The fraction of sp³-hybridized carbons (Fsp3) is 0.296. The molecule has 0 radical (unpaired) electrons. The number of fused-ring (bicyclic) bond motifs is 1.